The number of aliphatic hydroxyl groups is 1. The number of rotatable bonds is 5. The van der Waals surface area contributed by atoms with Crippen molar-refractivity contribution >= 4 is 29.5 Å². The molecule has 130 valence electrons. The third-order valence-electron chi connectivity index (χ3n) is 5.40. The van der Waals surface area contributed by atoms with E-state index in [0.29, 0.717) is 11.7 Å². The molecule has 3 aliphatic rings. The lowest BCUT2D eigenvalue weighted by Crippen LogP contribution is -2.27. The molecule has 6 nitrogen and oxygen atoms in total. The lowest BCUT2D eigenvalue weighted by atomic mass is 10.1. The molecule has 1 aromatic heterocycles. The van der Waals surface area contributed by atoms with Crippen LogP contribution in [0.1, 0.15) is 37.3 Å². The number of thioether (sulfide) groups is 1. The van der Waals surface area contributed by atoms with E-state index >= 15 is 0 Å². The van der Waals surface area contributed by atoms with Crippen molar-refractivity contribution in [2.75, 3.05) is 31.1 Å². The number of β-amino-alcohol motifs (C(OH)–C–C–N with tert-alkyl or cyclic N) is 1. The van der Waals surface area contributed by atoms with Crippen molar-refractivity contribution in [3.8, 4) is 0 Å². The molecule has 1 saturated heterocycles. The number of hydrogen-bond acceptors (Lipinski definition) is 7. The Balaban J connectivity index is 1.32. The second kappa shape index (κ2) is 6.98. The van der Waals surface area contributed by atoms with Gasteiger partial charge in [-0.15, -0.1) is 0 Å². The Bertz CT molecular complexity index is 619. The SMILES string of the molecule is Nc1ncnc2c1N=CC2CN1C[C@H](CSC2CCCC2)[C@@H](O)C1. The quantitative estimate of drug-likeness (QED) is 0.845. The predicted octanol–water partition coefficient (Wildman–Crippen LogP) is 1.83. The highest BCUT2D eigenvalue weighted by Gasteiger charge is 2.34. The van der Waals surface area contributed by atoms with Gasteiger partial charge in [0.15, 0.2) is 5.82 Å². The van der Waals surface area contributed by atoms with Crippen molar-refractivity contribution in [3.63, 3.8) is 0 Å². The lowest BCUT2D eigenvalue weighted by molar-refractivity contribution is 0.150. The molecular weight excluding hydrogens is 322 g/mol. The average Bonchev–Trinajstić information content (AvgIpc) is 3.28. The van der Waals surface area contributed by atoms with E-state index in [1.165, 1.54) is 32.0 Å². The molecule has 1 aromatic rings. The molecule has 3 N–H and O–H groups in total. The Labute approximate surface area is 147 Å². The molecule has 24 heavy (non-hydrogen) atoms. The van der Waals surface area contributed by atoms with Crippen LogP contribution in [0, 0.1) is 5.92 Å². The third-order valence-corrected chi connectivity index (χ3v) is 6.96. The number of aliphatic imine (C=N–C) groups is 1. The summed E-state index contributed by atoms with van der Waals surface area (Å²) in [6.07, 6.45) is 8.68. The molecule has 2 fully saturated rings. The van der Waals surface area contributed by atoms with Crippen molar-refractivity contribution in [2.45, 2.75) is 43.0 Å². The average molecular weight is 347 g/mol. The van der Waals surface area contributed by atoms with Crippen LogP contribution in [0.2, 0.25) is 0 Å². The van der Waals surface area contributed by atoms with E-state index in [0.717, 1.165) is 42.0 Å². The summed E-state index contributed by atoms with van der Waals surface area (Å²) in [5.74, 6) is 2.06. The molecule has 0 spiro atoms. The minimum absolute atomic E-state index is 0.152. The van der Waals surface area contributed by atoms with Crippen molar-refractivity contribution in [1.29, 1.82) is 0 Å². The molecular formula is C17H25N5OS. The molecule has 1 saturated carbocycles. The number of fused-ring (bicyclic) bond motifs is 1. The number of hydrogen-bond donors (Lipinski definition) is 2. The molecule has 0 radical (unpaired) electrons. The largest absolute Gasteiger partial charge is 0.391 e. The molecule has 1 aliphatic carbocycles. The topological polar surface area (TPSA) is 87.6 Å². The van der Waals surface area contributed by atoms with Gasteiger partial charge in [0, 0.05) is 42.8 Å². The standard InChI is InChI=1S/C17H25N5OS/c18-17-16-15(20-10-21-17)11(5-19-16)6-22-7-12(14(23)8-22)9-24-13-3-1-2-4-13/h5,10-14,23H,1-4,6-9H2,(H2,18,20,21)/t11?,12-,14+/m1/s1. The van der Waals surface area contributed by atoms with E-state index < -0.39 is 0 Å². The Morgan fingerprint density at radius 2 is 2.08 bits per heavy atom. The minimum Gasteiger partial charge on any atom is -0.391 e. The summed E-state index contributed by atoms with van der Waals surface area (Å²) >= 11 is 2.07. The van der Waals surface area contributed by atoms with Gasteiger partial charge in [-0.05, 0) is 12.8 Å². The number of aromatic nitrogens is 2. The first-order valence-corrected chi connectivity index (χ1v) is 9.92. The van der Waals surface area contributed by atoms with Gasteiger partial charge < -0.3 is 10.8 Å². The monoisotopic (exact) mass is 347 g/mol. The summed E-state index contributed by atoms with van der Waals surface area (Å²) in [5, 5.41) is 11.2. The van der Waals surface area contributed by atoms with E-state index in [9.17, 15) is 5.11 Å². The smallest absolute Gasteiger partial charge is 0.153 e. The van der Waals surface area contributed by atoms with Crippen LogP contribution in [0.15, 0.2) is 11.3 Å². The molecule has 2 aliphatic heterocycles. The Hall–Kier alpha value is -1.18. The summed E-state index contributed by atoms with van der Waals surface area (Å²) in [4.78, 5) is 15.1. The fourth-order valence-corrected chi connectivity index (χ4v) is 5.54. The number of nitrogen functional groups attached to an aromatic ring is 1. The molecule has 3 atom stereocenters. The summed E-state index contributed by atoms with van der Waals surface area (Å²) in [7, 11) is 0. The van der Waals surface area contributed by atoms with Crippen LogP contribution in [0.4, 0.5) is 11.5 Å². The van der Waals surface area contributed by atoms with E-state index in [1.54, 1.807) is 0 Å². The first kappa shape index (κ1) is 16.3. The Kier molecular flexibility index (Phi) is 4.74. The number of nitrogens with zero attached hydrogens (tertiary/aromatic N) is 4. The summed E-state index contributed by atoms with van der Waals surface area (Å²) in [6.45, 7) is 2.55. The highest BCUT2D eigenvalue weighted by atomic mass is 32.2. The van der Waals surface area contributed by atoms with E-state index in [2.05, 4.69) is 31.6 Å². The van der Waals surface area contributed by atoms with Gasteiger partial charge in [-0.3, -0.25) is 9.89 Å². The van der Waals surface area contributed by atoms with Crippen LogP contribution < -0.4 is 5.73 Å². The molecule has 3 heterocycles. The fourth-order valence-electron chi connectivity index (χ4n) is 4.03. The van der Waals surface area contributed by atoms with Crippen molar-refractivity contribution < 1.29 is 5.11 Å². The van der Waals surface area contributed by atoms with Gasteiger partial charge in [-0.2, -0.15) is 11.8 Å². The van der Waals surface area contributed by atoms with Gasteiger partial charge >= 0.3 is 0 Å². The van der Waals surface area contributed by atoms with Gasteiger partial charge in [0.2, 0.25) is 0 Å². The second-order valence-corrected chi connectivity index (χ2v) is 8.50. The van der Waals surface area contributed by atoms with Gasteiger partial charge in [-0.1, -0.05) is 12.8 Å². The lowest BCUT2D eigenvalue weighted by Gasteiger charge is -2.19. The van der Waals surface area contributed by atoms with Crippen LogP contribution >= 0.6 is 11.8 Å². The maximum atomic E-state index is 10.4. The second-order valence-electron chi connectivity index (χ2n) is 7.16. The van der Waals surface area contributed by atoms with Crippen LogP contribution in [0.3, 0.4) is 0 Å². The van der Waals surface area contributed by atoms with Gasteiger partial charge in [0.1, 0.15) is 12.0 Å². The van der Waals surface area contributed by atoms with E-state index in [-0.39, 0.29) is 12.0 Å². The normalized spacial score (nSPS) is 30.3. The summed E-state index contributed by atoms with van der Waals surface area (Å²) < 4.78 is 0. The van der Waals surface area contributed by atoms with Gasteiger partial charge in [0.05, 0.1) is 17.7 Å². The van der Waals surface area contributed by atoms with Gasteiger partial charge in [-0.25, -0.2) is 9.97 Å². The number of nitrogens with two attached hydrogens (primary N) is 1. The van der Waals surface area contributed by atoms with Crippen LogP contribution in [-0.2, 0) is 0 Å². The zero-order valence-electron chi connectivity index (χ0n) is 13.8. The van der Waals surface area contributed by atoms with E-state index in [1.807, 2.05) is 6.21 Å². The van der Waals surface area contributed by atoms with E-state index in [4.69, 9.17) is 5.73 Å². The van der Waals surface area contributed by atoms with Crippen LogP contribution in [-0.4, -0.2) is 62.9 Å². The highest BCUT2D eigenvalue weighted by Crippen LogP contribution is 2.36. The summed E-state index contributed by atoms with van der Waals surface area (Å²) in [5.41, 5.74) is 7.50. The first-order chi connectivity index (χ1) is 11.7. The molecule has 1 unspecified atom stereocenters. The highest BCUT2D eigenvalue weighted by molar-refractivity contribution is 7.99. The maximum absolute atomic E-state index is 10.4. The zero-order chi connectivity index (χ0) is 16.5. The third kappa shape index (κ3) is 3.30. The van der Waals surface area contributed by atoms with Crippen molar-refractivity contribution in [3.05, 3.63) is 12.0 Å². The molecule has 0 amide bonds. The molecule has 7 heteroatoms. The number of likely N-dealkylation sites (tertiary alicyclic amines) is 1. The zero-order valence-corrected chi connectivity index (χ0v) is 14.7. The maximum Gasteiger partial charge on any atom is 0.153 e. The number of anilines is 1. The minimum atomic E-state index is -0.216. The van der Waals surface area contributed by atoms with Gasteiger partial charge in [0.25, 0.3) is 0 Å². The molecule has 0 aromatic carbocycles. The van der Waals surface area contributed by atoms with Crippen molar-refractivity contribution in [2.24, 2.45) is 10.9 Å². The fraction of sp³-hybridized carbons (Fsp3) is 0.706. The van der Waals surface area contributed by atoms with Crippen LogP contribution in [0.5, 0.6) is 0 Å². The first-order valence-electron chi connectivity index (χ1n) is 8.87. The molecule has 0 bridgehead atoms. The predicted molar refractivity (Wildman–Crippen MR) is 98.0 cm³/mol. The number of aliphatic hydroxyl groups excluding tert-OH is 1. The molecule has 4 rings (SSSR count). The Morgan fingerprint density at radius 3 is 2.92 bits per heavy atom. The van der Waals surface area contributed by atoms with Crippen molar-refractivity contribution in [1.82, 2.24) is 14.9 Å². The van der Waals surface area contributed by atoms with Crippen LogP contribution in [0.25, 0.3) is 0 Å². The summed E-state index contributed by atoms with van der Waals surface area (Å²) in [6, 6.07) is 0. The Morgan fingerprint density at radius 1 is 1.25 bits per heavy atom.